The van der Waals surface area contributed by atoms with Crippen LogP contribution in [0.15, 0.2) is 17.3 Å². The molecule has 1 aromatic heterocycles. The molecule has 0 atom stereocenters. The lowest BCUT2D eigenvalue weighted by molar-refractivity contribution is 0.296. The molecule has 0 saturated heterocycles. The maximum atomic E-state index is 8.57. The largest absolute Gasteiger partial charge is 0.396 e. The average molecular weight is 238 g/mol. The fourth-order valence-electron chi connectivity index (χ4n) is 0.742. The Kier molecular flexibility index (Phi) is 4.88. The summed E-state index contributed by atoms with van der Waals surface area (Å²) >= 11 is 13.1. The van der Waals surface area contributed by atoms with Crippen LogP contribution >= 0.6 is 35.0 Å². The van der Waals surface area contributed by atoms with E-state index in [0.29, 0.717) is 10.0 Å². The third kappa shape index (κ3) is 3.73. The van der Waals surface area contributed by atoms with Crippen molar-refractivity contribution in [2.75, 3.05) is 12.4 Å². The van der Waals surface area contributed by atoms with Gasteiger partial charge in [0, 0.05) is 18.6 Å². The van der Waals surface area contributed by atoms with E-state index in [2.05, 4.69) is 4.98 Å². The Hall–Kier alpha value is 0.0400. The number of aromatic nitrogens is 1. The molecule has 0 aliphatic carbocycles. The average Bonchev–Trinajstić information content (AvgIpc) is 2.09. The van der Waals surface area contributed by atoms with E-state index in [1.54, 1.807) is 12.3 Å². The SMILES string of the molecule is OCCCSc1ncc(Cl)cc1Cl. The molecule has 13 heavy (non-hydrogen) atoms. The van der Waals surface area contributed by atoms with Crippen molar-refractivity contribution < 1.29 is 5.11 Å². The Balaban J connectivity index is 2.56. The van der Waals surface area contributed by atoms with Crippen LogP contribution in [0.2, 0.25) is 10.0 Å². The summed E-state index contributed by atoms with van der Waals surface area (Å²) in [7, 11) is 0. The number of rotatable bonds is 4. The van der Waals surface area contributed by atoms with E-state index < -0.39 is 0 Å². The van der Waals surface area contributed by atoms with Crippen molar-refractivity contribution in [3.63, 3.8) is 0 Å². The highest BCUT2D eigenvalue weighted by molar-refractivity contribution is 7.99. The van der Waals surface area contributed by atoms with Crippen LogP contribution in [0.3, 0.4) is 0 Å². The molecular formula is C8H9Cl2NOS. The van der Waals surface area contributed by atoms with Crippen LogP contribution in [0.4, 0.5) is 0 Å². The van der Waals surface area contributed by atoms with Gasteiger partial charge in [-0.05, 0) is 12.5 Å². The maximum absolute atomic E-state index is 8.57. The van der Waals surface area contributed by atoms with Gasteiger partial charge >= 0.3 is 0 Å². The quantitative estimate of drug-likeness (QED) is 0.646. The first kappa shape index (κ1) is 11.1. The van der Waals surface area contributed by atoms with Crippen molar-refractivity contribution in [3.05, 3.63) is 22.3 Å². The number of aliphatic hydroxyl groups excluding tert-OH is 1. The lowest BCUT2D eigenvalue weighted by Crippen LogP contribution is -1.88. The molecule has 0 aliphatic heterocycles. The first-order valence-electron chi connectivity index (χ1n) is 3.78. The summed E-state index contributed by atoms with van der Waals surface area (Å²) < 4.78 is 0. The topological polar surface area (TPSA) is 33.1 Å². The normalized spacial score (nSPS) is 10.4. The number of halogens is 2. The van der Waals surface area contributed by atoms with Gasteiger partial charge in [-0.3, -0.25) is 0 Å². The molecule has 0 spiro atoms. The van der Waals surface area contributed by atoms with E-state index in [9.17, 15) is 0 Å². The van der Waals surface area contributed by atoms with Gasteiger partial charge in [0.2, 0.25) is 0 Å². The van der Waals surface area contributed by atoms with Crippen LogP contribution in [0.5, 0.6) is 0 Å². The third-order valence-corrected chi connectivity index (χ3v) is 3.01. The summed E-state index contributed by atoms with van der Waals surface area (Å²) in [5, 5.41) is 10.4. The second-order valence-electron chi connectivity index (χ2n) is 2.37. The molecule has 0 aromatic carbocycles. The molecule has 0 saturated carbocycles. The molecule has 5 heteroatoms. The minimum absolute atomic E-state index is 0.193. The van der Waals surface area contributed by atoms with Gasteiger partial charge in [0.05, 0.1) is 10.0 Å². The Morgan fingerprint density at radius 3 is 2.85 bits per heavy atom. The number of hydrogen-bond acceptors (Lipinski definition) is 3. The predicted octanol–water partition coefficient (Wildman–Crippen LogP) is 2.86. The maximum Gasteiger partial charge on any atom is 0.115 e. The summed E-state index contributed by atoms with van der Waals surface area (Å²) in [6, 6.07) is 1.66. The molecule has 1 N–H and O–H groups in total. The van der Waals surface area contributed by atoms with Crippen LogP contribution in [-0.2, 0) is 0 Å². The first-order chi connectivity index (χ1) is 6.24. The van der Waals surface area contributed by atoms with Crippen molar-refractivity contribution in [2.24, 2.45) is 0 Å². The van der Waals surface area contributed by atoms with Gasteiger partial charge in [0.15, 0.2) is 0 Å². The molecule has 0 fully saturated rings. The van der Waals surface area contributed by atoms with Crippen LogP contribution < -0.4 is 0 Å². The van der Waals surface area contributed by atoms with Crippen LogP contribution in [0.1, 0.15) is 6.42 Å². The molecule has 0 radical (unpaired) electrons. The zero-order valence-corrected chi connectivity index (χ0v) is 9.16. The summed E-state index contributed by atoms with van der Waals surface area (Å²) in [5.74, 6) is 0.810. The van der Waals surface area contributed by atoms with Gasteiger partial charge in [-0.1, -0.05) is 23.2 Å². The number of hydrogen-bond donors (Lipinski definition) is 1. The molecule has 0 unspecified atom stereocenters. The standard InChI is InChI=1S/C8H9Cl2NOS/c9-6-4-7(10)8(11-5-6)13-3-1-2-12/h4-5,12H,1-3H2. The van der Waals surface area contributed by atoms with E-state index in [0.717, 1.165) is 17.2 Å². The molecule has 0 amide bonds. The number of nitrogens with zero attached hydrogens (tertiary/aromatic N) is 1. The minimum atomic E-state index is 0.193. The molecule has 1 heterocycles. The van der Waals surface area contributed by atoms with E-state index in [1.807, 2.05) is 0 Å². The van der Waals surface area contributed by atoms with Crippen molar-refractivity contribution in [1.29, 1.82) is 0 Å². The second kappa shape index (κ2) is 5.70. The van der Waals surface area contributed by atoms with Gasteiger partial charge in [0.25, 0.3) is 0 Å². The zero-order valence-electron chi connectivity index (χ0n) is 6.83. The predicted molar refractivity (Wildman–Crippen MR) is 56.7 cm³/mol. The van der Waals surface area contributed by atoms with Crippen LogP contribution in [-0.4, -0.2) is 22.5 Å². The zero-order chi connectivity index (χ0) is 9.68. The first-order valence-corrected chi connectivity index (χ1v) is 5.53. The molecule has 2 nitrogen and oxygen atoms in total. The Bertz CT molecular complexity index is 283. The minimum Gasteiger partial charge on any atom is -0.396 e. The fourth-order valence-corrected chi connectivity index (χ4v) is 2.08. The highest BCUT2D eigenvalue weighted by atomic mass is 35.5. The summed E-state index contributed by atoms with van der Waals surface area (Å²) in [6.45, 7) is 0.193. The fraction of sp³-hybridized carbons (Fsp3) is 0.375. The van der Waals surface area contributed by atoms with E-state index in [1.165, 1.54) is 11.8 Å². The second-order valence-corrected chi connectivity index (χ2v) is 4.29. The highest BCUT2D eigenvalue weighted by Gasteiger charge is 2.02. The van der Waals surface area contributed by atoms with Crippen LogP contribution in [0.25, 0.3) is 0 Å². The van der Waals surface area contributed by atoms with E-state index in [4.69, 9.17) is 28.3 Å². The van der Waals surface area contributed by atoms with Crippen LogP contribution in [0, 0.1) is 0 Å². The summed E-state index contributed by atoms with van der Waals surface area (Å²) in [6.07, 6.45) is 2.31. The van der Waals surface area contributed by atoms with Gasteiger partial charge in [-0.25, -0.2) is 4.98 Å². The monoisotopic (exact) mass is 237 g/mol. The molecule has 1 aromatic rings. The summed E-state index contributed by atoms with van der Waals surface area (Å²) in [5.41, 5.74) is 0. The van der Waals surface area contributed by atoms with E-state index in [-0.39, 0.29) is 6.61 Å². The Morgan fingerprint density at radius 1 is 1.46 bits per heavy atom. The van der Waals surface area contributed by atoms with E-state index >= 15 is 0 Å². The molecule has 1 rings (SSSR count). The lowest BCUT2D eigenvalue weighted by atomic mass is 10.5. The number of aliphatic hydroxyl groups is 1. The Morgan fingerprint density at radius 2 is 2.23 bits per heavy atom. The van der Waals surface area contributed by atoms with Gasteiger partial charge < -0.3 is 5.11 Å². The lowest BCUT2D eigenvalue weighted by Gasteiger charge is -2.01. The van der Waals surface area contributed by atoms with Gasteiger partial charge in [-0.15, -0.1) is 11.8 Å². The van der Waals surface area contributed by atoms with Crippen molar-refractivity contribution >= 4 is 35.0 Å². The number of thioether (sulfide) groups is 1. The third-order valence-electron chi connectivity index (χ3n) is 1.32. The Labute approximate surface area is 91.3 Å². The van der Waals surface area contributed by atoms with Crippen molar-refractivity contribution in [3.8, 4) is 0 Å². The smallest absolute Gasteiger partial charge is 0.115 e. The van der Waals surface area contributed by atoms with Crippen molar-refractivity contribution in [1.82, 2.24) is 4.98 Å². The molecule has 0 aliphatic rings. The number of pyridine rings is 1. The van der Waals surface area contributed by atoms with Crippen molar-refractivity contribution in [2.45, 2.75) is 11.4 Å². The molecule has 72 valence electrons. The summed E-state index contributed by atoms with van der Waals surface area (Å²) in [4.78, 5) is 4.07. The molecule has 0 bridgehead atoms. The molecular weight excluding hydrogens is 229 g/mol. The van der Waals surface area contributed by atoms with Gasteiger partial charge in [-0.2, -0.15) is 0 Å². The highest BCUT2D eigenvalue weighted by Crippen LogP contribution is 2.27. The van der Waals surface area contributed by atoms with Gasteiger partial charge in [0.1, 0.15) is 5.03 Å².